The van der Waals surface area contributed by atoms with E-state index in [4.69, 9.17) is 18.7 Å². The van der Waals surface area contributed by atoms with Crippen LogP contribution in [0.5, 0.6) is 0 Å². The fourth-order valence-electron chi connectivity index (χ4n) is 2.45. The topological polar surface area (TPSA) is 49.3 Å². The van der Waals surface area contributed by atoms with Gasteiger partial charge in [0, 0.05) is 13.5 Å². The van der Waals surface area contributed by atoms with Crippen LogP contribution in [0.15, 0.2) is 5.16 Å². The molecule has 0 aromatic heterocycles. The summed E-state index contributed by atoms with van der Waals surface area (Å²) in [7, 11) is -0.178. The Kier molecular flexibility index (Phi) is 4.58. The van der Waals surface area contributed by atoms with Crippen LogP contribution in [0, 0.1) is 5.92 Å². The van der Waals surface area contributed by atoms with Gasteiger partial charge in [0.2, 0.25) is 0 Å². The van der Waals surface area contributed by atoms with Crippen molar-refractivity contribution in [2.24, 2.45) is 11.1 Å². The van der Waals surface area contributed by atoms with Crippen molar-refractivity contribution in [2.45, 2.75) is 57.5 Å². The van der Waals surface area contributed by atoms with E-state index in [9.17, 15) is 0 Å². The van der Waals surface area contributed by atoms with Crippen LogP contribution >= 0.6 is 0 Å². The van der Waals surface area contributed by atoms with Gasteiger partial charge in [-0.2, -0.15) is 0 Å². The summed E-state index contributed by atoms with van der Waals surface area (Å²) in [6.45, 7) is 12.2. The van der Waals surface area contributed by atoms with E-state index in [0.717, 1.165) is 12.1 Å². The molecule has 6 heteroatoms. The first-order chi connectivity index (χ1) is 9.26. The lowest BCUT2D eigenvalue weighted by atomic mass is 10.1. The first kappa shape index (κ1) is 15.9. The van der Waals surface area contributed by atoms with Crippen LogP contribution in [0.1, 0.15) is 27.2 Å². The first-order valence-corrected chi connectivity index (χ1v) is 10.1. The number of fused-ring (bicyclic) bond motifs is 1. The Bertz CT molecular complexity index is 378. The van der Waals surface area contributed by atoms with Crippen LogP contribution in [0.2, 0.25) is 18.1 Å². The molecule has 0 unspecified atom stereocenters. The summed E-state index contributed by atoms with van der Waals surface area (Å²) in [4.78, 5) is 5.19. The lowest BCUT2D eigenvalue weighted by Gasteiger charge is -2.39. The minimum absolute atomic E-state index is 0.00896. The fraction of sp³-hybridized carbons (Fsp3) is 0.929. The van der Waals surface area contributed by atoms with E-state index in [0.29, 0.717) is 6.61 Å². The zero-order valence-corrected chi connectivity index (χ0v) is 14.4. The van der Waals surface area contributed by atoms with Gasteiger partial charge in [-0.25, -0.2) is 0 Å². The number of rotatable bonds is 5. The molecule has 1 heterocycles. The molecule has 2 rings (SSSR count). The SMILES string of the molecule is COCO[C@H]1[C@@H]2CON=C2C[C@H]1O[Si](C)(C)C(C)(C)C. The monoisotopic (exact) mass is 301 g/mol. The number of hydrogen-bond acceptors (Lipinski definition) is 5. The molecule has 2 aliphatic rings. The third kappa shape index (κ3) is 3.08. The molecular formula is C14H27NO4Si. The van der Waals surface area contributed by atoms with E-state index in [1.54, 1.807) is 7.11 Å². The van der Waals surface area contributed by atoms with Gasteiger partial charge in [0.05, 0.1) is 23.8 Å². The highest BCUT2D eigenvalue weighted by Gasteiger charge is 2.49. The van der Waals surface area contributed by atoms with Crippen molar-refractivity contribution in [2.75, 3.05) is 20.5 Å². The Labute approximate surface area is 122 Å². The molecule has 0 aromatic rings. The molecule has 0 amide bonds. The molecule has 0 aromatic carbocycles. The van der Waals surface area contributed by atoms with Crippen molar-refractivity contribution in [1.29, 1.82) is 0 Å². The van der Waals surface area contributed by atoms with Crippen molar-refractivity contribution in [3.05, 3.63) is 0 Å². The number of hydrogen-bond donors (Lipinski definition) is 0. The summed E-state index contributed by atoms with van der Waals surface area (Å²) in [5, 5.41) is 4.32. The summed E-state index contributed by atoms with van der Waals surface area (Å²) in [6, 6.07) is 0. The summed E-state index contributed by atoms with van der Waals surface area (Å²) in [5.41, 5.74) is 1.08. The molecule has 0 spiro atoms. The molecule has 1 fully saturated rings. The van der Waals surface area contributed by atoms with E-state index >= 15 is 0 Å². The Hall–Kier alpha value is -0.433. The average Bonchev–Trinajstić information content (AvgIpc) is 2.85. The standard InChI is InChI=1S/C14H27NO4Si/c1-14(2,3)20(5,6)19-12-7-11-10(8-18-15-11)13(12)17-9-16-4/h10,12-13H,7-9H2,1-6H3/t10-,12-,13+/m1/s1. The third-order valence-corrected chi connectivity index (χ3v) is 9.17. The maximum Gasteiger partial charge on any atom is 0.192 e. The minimum Gasteiger partial charge on any atom is -0.411 e. The van der Waals surface area contributed by atoms with Crippen LogP contribution in [-0.4, -0.2) is 46.7 Å². The van der Waals surface area contributed by atoms with Gasteiger partial charge in [-0.15, -0.1) is 0 Å². The molecule has 0 N–H and O–H groups in total. The Morgan fingerprint density at radius 3 is 2.65 bits per heavy atom. The molecule has 3 atom stereocenters. The molecule has 0 saturated heterocycles. The molecule has 116 valence electrons. The van der Waals surface area contributed by atoms with Crippen molar-refractivity contribution in [3.8, 4) is 0 Å². The van der Waals surface area contributed by atoms with E-state index in [2.05, 4.69) is 39.0 Å². The number of methoxy groups -OCH3 is 1. The van der Waals surface area contributed by atoms with E-state index in [-0.39, 0.29) is 30.0 Å². The zero-order chi connectivity index (χ0) is 15.0. The second kappa shape index (κ2) is 5.75. The largest absolute Gasteiger partial charge is 0.411 e. The number of ether oxygens (including phenoxy) is 2. The molecule has 1 aliphatic carbocycles. The lowest BCUT2D eigenvalue weighted by Crippen LogP contribution is -2.47. The molecule has 20 heavy (non-hydrogen) atoms. The van der Waals surface area contributed by atoms with Crippen molar-refractivity contribution in [1.82, 2.24) is 0 Å². The number of oxime groups is 1. The van der Waals surface area contributed by atoms with Crippen molar-refractivity contribution < 1.29 is 18.7 Å². The van der Waals surface area contributed by atoms with Gasteiger partial charge >= 0.3 is 0 Å². The molecule has 0 radical (unpaired) electrons. The van der Waals surface area contributed by atoms with Crippen LogP contribution in [0.25, 0.3) is 0 Å². The number of nitrogens with zero attached hydrogens (tertiary/aromatic N) is 1. The highest BCUT2D eigenvalue weighted by atomic mass is 28.4. The smallest absolute Gasteiger partial charge is 0.192 e. The second-order valence-corrected chi connectivity index (χ2v) is 11.9. The van der Waals surface area contributed by atoms with Gasteiger partial charge in [-0.1, -0.05) is 25.9 Å². The van der Waals surface area contributed by atoms with E-state index in [1.807, 2.05) is 0 Å². The second-order valence-electron chi connectivity index (χ2n) is 7.14. The quantitative estimate of drug-likeness (QED) is 0.579. The van der Waals surface area contributed by atoms with Crippen LogP contribution in [0.4, 0.5) is 0 Å². The highest BCUT2D eigenvalue weighted by Crippen LogP contribution is 2.41. The van der Waals surface area contributed by atoms with Crippen LogP contribution in [-0.2, 0) is 18.7 Å². The van der Waals surface area contributed by atoms with Gasteiger partial charge in [-0.05, 0) is 18.1 Å². The lowest BCUT2D eigenvalue weighted by molar-refractivity contribution is -0.115. The summed E-state index contributed by atoms with van der Waals surface area (Å²) < 4.78 is 17.4. The van der Waals surface area contributed by atoms with Gasteiger partial charge in [0.1, 0.15) is 13.4 Å². The normalized spacial score (nSPS) is 30.1. The Morgan fingerprint density at radius 2 is 2.05 bits per heavy atom. The molecule has 1 saturated carbocycles. The summed E-state index contributed by atoms with van der Waals surface area (Å²) >= 11 is 0. The maximum absolute atomic E-state index is 6.53. The minimum atomic E-state index is -1.82. The van der Waals surface area contributed by atoms with Crippen LogP contribution in [0.3, 0.4) is 0 Å². The molecular weight excluding hydrogens is 274 g/mol. The van der Waals surface area contributed by atoms with Gasteiger partial charge in [0.15, 0.2) is 8.32 Å². The third-order valence-electron chi connectivity index (χ3n) is 4.67. The van der Waals surface area contributed by atoms with Crippen molar-refractivity contribution >= 4 is 14.0 Å². The zero-order valence-electron chi connectivity index (χ0n) is 13.4. The van der Waals surface area contributed by atoms with Gasteiger partial charge < -0.3 is 18.7 Å². The fourth-order valence-corrected chi connectivity index (χ4v) is 3.78. The summed E-state index contributed by atoms with van der Waals surface area (Å²) in [5.74, 6) is 0.222. The van der Waals surface area contributed by atoms with E-state index in [1.165, 1.54) is 0 Å². The molecule has 5 nitrogen and oxygen atoms in total. The van der Waals surface area contributed by atoms with Crippen molar-refractivity contribution in [3.63, 3.8) is 0 Å². The summed E-state index contributed by atoms with van der Waals surface area (Å²) in [6.07, 6.45) is 0.870. The molecule has 1 aliphatic heterocycles. The predicted molar refractivity (Wildman–Crippen MR) is 80.3 cm³/mol. The Morgan fingerprint density at radius 1 is 1.35 bits per heavy atom. The first-order valence-electron chi connectivity index (χ1n) is 7.23. The van der Waals surface area contributed by atoms with Gasteiger partial charge in [0.25, 0.3) is 0 Å². The van der Waals surface area contributed by atoms with Crippen LogP contribution < -0.4 is 0 Å². The van der Waals surface area contributed by atoms with E-state index < -0.39 is 8.32 Å². The Balaban J connectivity index is 2.09. The molecule has 0 bridgehead atoms. The predicted octanol–water partition coefficient (Wildman–Crippen LogP) is 2.77. The maximum atomic E-state index is 6.53. The highest BCUT2D eigenvalue weighted by molar-refractivity contribution is 6.74. The average molecular weight is 301 g/mol. The van der Waals surface area contributed by atoms with Gasteiger partial charge in [-0.3, -0.25) is 0 Å².